The number of benzene rings is 1. The minimum atomic E-state index is -3.29. The van der Waals surface area contributed by atoms with Crippen LogP contribution in [0.2, 0.25) is 0 Å². The van der Waals surface area contributed by atoms with E-state index in [-0.39, 0.29) is 12.4 Å². The summed E-state index contributed by atoms with van der Waals surface area (Å²) in [7, 11) is 0. The van der Waals surface area contributed by atoms with Crippen LogP contribution in [-0.4, -0.2) is 56.5 Å². The zero-order chi connectivity index (χ0) is 18.9. The maximum atomic E-state index is 14.0. The first-order valence-corrected chi connectivity index (χ1v) is 7.58. The van der Waals surface area contributed by atoms with Gasteiger partial charge in [-0.1, -0.05) is 12.6 Å². The van der Waals surface area contributed by atoms with E-state index in [0.717, 1.165) is 15.7 Å². The van der Waals surface area contributed by atoms with Crippen LogP contribution < -0.4 is 5.32 Å². The van der Waals surface area contributed by atoms with Crippen LogP contribution in [0.15, 0.2) is 43.2 Å². The summed E-state index contributed by atoms with van der Waals surface area (Å²) in [5, 5.41) is 6.01. The molecule has 0 saturated carbocycles. The van der Waals surface area contributed by atoms with Gasteiger partial charge >= 0.3 is 0 Å². The minimum Gasteiger partial charge on any atom is -0.339 e. The summed E-state index contributed by atoms with van der Waals surface area (Å²) >= 11 is 0. The summed E-state index contributed by atoms with van der Waals surface area (Å²) in [5.41, 5.74) is 0.325. The third-order valence-electron chi connectivity index (χ3n) is 3.87. The summed E-state index contributed by atoms with van der Waals surface area (Å²) in [6.45, 7) is 2.09. The molecule has 0 bridgehead atoms. The van der Waals surface area contributed by atoms with Crippen LogP contribution in [0.1, 0.15) is 10.6 Å². The molecule has 3 rings (SSSR count). The molecule has 1 aromatic heterocycles. The number of rotatable bonds is 4. The summed E-state index contributed by atoms with van der Waals surface area (Å²) < 4.78 is 42.4. The molecule has 0 radical (unpaired) electrons. The second-order valence-corrected chi connectivity index (χ2v) is 5.70. The highest BCUT2D eigenvalue weighted by molar-refractivity contribution is 5.91. The zero-order valence-corrected chi connectivity index (χ0v) is 13.4. The van der Waals surface area contributed by atoms with Crippen molar-refractivity contribution in [3.05, 3.63) is 54.9 Å². The number of nitrogens with one attached hydrogen (secondary N) is 1. The number of aromatic nitrogens is 3. The molecule has 2 amide bonds. The Kier molecular flexibility index (Phi) is 4.49. The van der Waals surface area contributed by atoms with Gasteiger partial charge in [-0.15, -0.1) is 5.10 Å². The van der Waals surface area contributed by atoms with Gasteiger partial charge in [0.1, 0.15) is 18.2 Å². The van der Waals surface area contributed by atoms with Crippen molar-refractivity contribution in [3.8, 4) is 5.69 Å². The van der Waals surface area contributed by atoms with Gasteiger partial charge in [0, 0.05) is 6.54 Å². The number of carbonyl (C=O) groups excluding carboxylic acids is 2. The number of likely N-dealkylation sites (tertiary alicyclic amines) is 1. The molecule has 1 aliphatic rings. The Bertz CT molecular complexity index is 867. The van der Waals surface area contributed by atoms with Crippen molar-refractivity contribution >= 4 is 11.8 Å². The highest BCUT2D eigenvalue weighted by Crippen LogP contribution is 2.28. The van der Waals surface area contributed by atoms with E-state index in [1.165, 1.54) is 24.5 Å². The van der Waals surface area contributed by atoms with Gasteiger partial charge in [0.25, 0.3) is 11.8 Å². The topological polar surface area (TPSA) is 80.1 Å². The van der Waals surface area contributed by atoms with Gasteiger partial charge in [-0.3, -0.25) is 9.59 Å². The molecule has 1 fully saturated rings. The molecule has 2 aromatic rings. The molecule has 1 aliphatic heterocycles. The van der Waals surface area contributed by atoms with Gasteiger partial charge < -0.3 is 10.2 Å². The fourth-order valence-electron chi connectivity index (χ4n) is 2.56. The summed E-state index contributed by atoms with van der Waals surface area (Å²) in [6, 6.07) is 3.85. The molecule has 136 valence electrons. The maximum absolute atomic E-state index is 14.0. The van der Waals surface area contributed by atoms with Gasteiger partial charge in [0.05, 0.1) is 12.2 Å². The number of hydrogen-bond acceptors (Lipinski definition) is 4. The quantitative estimate of drug-likeness (QED) is 0.825. The molecule has 10 heteroatoms. The summed E-state index contributed by atoms with van der Waals surface area (Å²) in [4.78, 5) is 28.3. The van der Waals surface area contributed by atoms with Crippen LogP contribution in [0.4, 0.5) is 13.2 Å². The third kappa shape index (κ3) is 3.44. The lowest BCUT2D eigenvalue weighted by molar-refractivity contribution is -0.126. The number of halogens is 3. The predicted octanol–water partition coefficient (Wildman–Crippen LogP) is 1.17. The average Bonchev–Trinajstić information content (AvgIpc) is 3.19. The molecular weight excluding hydrogens is 351 g/mol. The minimum absolute atomic E-state index is 0.325. The number of amides is 2. The number of nitrogens with zero attached hydrogens (tertiary/aromatic N) is 4. The first kappa shape index (κ1) is 17.6. The van der Waals surface area contributed by atoms with E-state index in [1.54, 1.807) is 6.07 Å². The lowest BCUT2D eigenvalue weighted by Gasteiger charge is -2.17. The molecule has 1 aromatic carbocycles. The van der Waals surface area contributed by atoms with Gasteiger partial charge in [-0.05, 0) is 24.3 Å². The molecule has 0 spiro atoms. The molecule has 1 saturated heterocycles. The Labute approximate surface area is 146 Å². The van der Waals surface area contributed by atoms with Crippen molar-refractivity contribution in [2.24, 2.45) is 0 Å². The summed E-state index contributed by atoms with van der Waals surface area (Å²) in [6.07, 6.45) is 2.10. The van der Waals surface area contributed by atoms with Crippen LogP contribution in [0, 0.1) is 5.82 Å². The van der Waals surface area contributed by atoms with Gasteiger partial charge in [-0.2, -0.15) is 0 Å². The van der Waals surface area contributed by atoms with E-state index in [2.05, 4.69) is 22.0 Å². The van der Waals surface area contributed by atoms with E-state index in [1.807, 2.05) is 0 Å². The maximum Gasteiger partial charge on any atom is 0.291 e. The number of hydrogen-bond donors (Lipinski definition) is 1. The van der Waals surface area contributed by atoms with Crippen molar-refractivity contribution in [3.63, 3.8) is 0 Å². The van der Waals surface area contributed by atoms with Crippen LogP contribution in [-0.2, 0) is 4.79 Å². The van der Waals surface area contributed by atoms with E-state index < -0.39 is 36.1 Å². The van der Waals surface area contributed by atoms with Crippen LogP contribution in [0.5, 0.6) is 0 Å². The van der Waals surface area contributed by atoms with Crippen LogP contribution >= 0.6 is 0 Å². The first-order chi connectivity index (χ1) is 12.3. The molecule has 7 nitrogen and oxygen atoms in total. The van der Waals surface area contributed by atoms with Gasteiger partial charge in [-0.25, -0.2) is 22.8 Å². The summed E-state index contributed by atoms with van der Waals surface area (Å²) in [5.74, 6) is -5.70. The molecule has 1 N–H and O–H groups in total. The van der Waals surface area contributed by atoms with Crippen molar-refractivity contribution < 1.29 is 22.8 Å². The Morgan fingerprint density at radius 1 is 1.38 bits per heavy atom. The standard InChI is InChI=1S/C16H14F3N5O2/c1-2-13(25)23-7-12(16(18,19)8-23)21-15(26)14-20-9-24(22-14)11-5-3-4-10(17)6-11/h2-6,9,12H,1,7-8H2,(H,21,26). The molecular formula is C16H14F3N5O2. The second-order valence-electron chi connectivity index (χ2n) is 5.70. The van der Waals surface area contributed by atoms with Crippen molar-refractivity contribution in [1.82, 2.24) is 25.0 Å². The highest BCUT2D eigenvalue weighted by Gasteiger charge is 2.50. The Morgan fingerprint density at radius 2 is 2.15 bits per heavy atom. The lowest BCUT2D eigenvalue weighted by Crippen LogP contribution is -2.47. The zero-order valence-electron chi connectivity index (χ0n) is 13.4. The molecule has 2 heterocycles. The smallest absolute Gasteiger partial charge is 0.291 e. The second kappa shape index (κ2) is 6.62. The van der Waals surface area contributed by atoms with Gasteiger partial charge in [0.2, 0.25) is 11.7 Å². The molecule has 26 heavy (non-hydrogen) atoms. The SMILES string of the molecule is C=CC(=O)N1CC(NC(=O)c2ncn(-c3cccc(F)c3)n2)C(F)(F)C1. The molecule has 1 atom stereocenters. The normalized spacial score (nSPS) is 18.6. The van der Waals surface area contributed by atoms with E-state index >= 15 is 0 Å². The fraction of sp³-hybridized carbons (Fsp3) is 0.250. The van der Waals surface area contributed by atoms with Crippen molar-refractivity contribution in [2.45, 2.75) is 12.0 Å². The van der Waals surface area contributed by atoms with E-state index in [0.29, 0.717) is 5.69 Å². The fourth-order valence-corrected chi connectivity index (χ4v) is 2.56. The van der Waals surface area contributed by atoms with E-state index in [9.17, 15) is 22.8 Å². The van der Waals surface area contributed by atoms with Gasteiger partial charge in [0.15, 0.2) is 0 Å². The Balaban J connectivity index is 1.72. The monoisotopic (exact) mass is 365 g/mol. The highest BCUT2D eigenvalue weighted by atomic mass is 19.3. The van der Waals surface area contributed by atoms with Crippen LogP contribution in [0.25, 0.3) is 5.69 Å². The largest absolute Gasteiger partial charge is 0.339 e. The molecule has 0 aliphatic carbocycles. The molecule has 1 unspecified atom stereocenters. The van der Waals surface area contributed by atoms with Crippen LogP contribution in [0.3, 0.4) is 0 Å². The average molecular weight is 365 g/mol. The lowest BCUT2D eigenvalue weighted by atomic mass is 10.2. The van der Waals surface area contributed by atoms with Crippen molar-refractivity contribution in [2.75, 3.05) is 13.1 Å². The predicted molar refractivity (Wildman–Crippen MR) is 84.3 cm³/mol. The third-order valence-corrected chi connectivity index (χ3v) is 3.87. The first-order valence-electron chi connectivity index (χ1n) is 7.58. The van der Waals surface area contributed by atoms with E-state index in [4.69, 9.17) is 0 Å². The Morgan fingerprint density at radius 3 is 2.85 bits per heavy atom. The number of carbonyl (C=O) groups is 2. The van der Waals surface area contributed by atoms with Crippen molar-refractivity contribution in [1.29, 1.82) is 0 Å². The number of alkyl halides is 2. The Hall–Kier alpha value is -3.17.